The maximum Gasteiger partial charge on any atom is 0.325 e. The lowest BCUT2D eigenvalue weighted by molar-refractivity contribution is -0.132. The van der Waals surface area contributed by atoms with Crippen LogP contribution in [0, 0.1) is 0 Å². The van der Waals surface area contributed by atoms with Crippen molar-refractivity contribution in [1.82, 2.24) is 20.4 Å². The summed E-state index contributed by atoms with van der Waals surface area (Å²) >= 11 is 0. The van der Waals surface area contributed by atoms with Gasteiger partial charge in [-0.1, -0.05) is 31.4 Å². The van der Waals surface area contributed by atoms with Crippen LogP contribution in [0.5, 0.6) is 0 Å². The summed E-state index contributed by atoms with van der Waals surface area (Å²) in [5.74, 6) is -0.460. The topological polar surface area (TPSA) is 108 Å². The van der Waals surface area contributed by atoms with Gasteiger partial charge in [0.1, 0.15) is 5.54 Å². The Balaban J connectivity index is 1.24. The zero-order valence-electron chi connectivity index (χ0n) is 20.0. The minimum Gasteiger partial charge on any atom is -0.372 e. The highest BCUT2D eigenvalue weighted by molar-refractivity contribution is 6.07. The maximum absolute atomic E-state index is 12.8. The number of carbonyl (C=O) groups excluding carboxylic acids is 4. The molecule has 2 unspecified atom stereocenters. The van der Waals surface area contributed by atoms with Gasteiger partial charge >= 0.3 is 6.03 Å². The van der Waals surface area contributed by atoms with Crippen LogP contribution in [-0.4, -0.2) is 70.9 Å². The van der Waals surface area contributed by atoms with Gasteiger partial charge in [-0.15, -0.1) is 0 Å². The number of hydrogen-bond donors (Lipinski definition) is 2. The normalized spacial score (nSPS) is 24.3. The van der Waals surface area contributed by atoms with Crippen LogP contribution >= 0.6 is 0 Å². The van der Waals surface area contributed by atoms with Gasteiger partial charge in [-0.05, 0) is 44.4 Å². The molecule has 4 rings (SSSR count). The Morgan fingerprint density at radius 2 is 1.71 bits per heavy atom. The number of nitrogens with zero attached hydrogens (tertiary/aromatic N) is 2. The number of imide groups is 1. The Hall–Kier alpha value is -2.94. The number of urea groups is 1. The minimum absolute atomic E-state index is 0.0114. The van der Waals surface area contributed by atoms with E-state index in [2.05, 4.69) is 10.6 Å². The van der Waals surface area contributed by atoms with Gasteiger partial charge in [0, 0.05) is 38.2 Å². The quantitative estimate of drug-likeness (QED) is 0.620. The summed E-state index contributed by atoms with van der Waals surface area (Å²) in [7, 11) is 0. The second kappa shape index (κ2) is 10.1. The molecule has 34 heavy (non-hydrogen) atoms. The van der Waals surface area contributed by atoms with E-state index in [1.165, 1.54) is 4.90 Å². The van der Waals surface area contributed by atoms with E-state index < -0.39 is 11.6 Å². The molecule has 2 heterocycles. The van der Waals surface area contributed by atoms with Crippen molar-refractivity contribution in [1.29, 1.82) is 0 Å². The number of benzene rings is 1. The number of carbonyl (C=O) groups is 4. The molecule has 0 radical (unpaired) electrons. The monoisotopic (exact) mass is 470 g/mol. The number of morpholine rings is 1. The van der Waals surface area contributed by atoms with Gasteiger partial charge in [-0.2, -0.15) is 0 Å². The van der Waals surface area contributed by atoms with E-state index in [1.54, 1.807) is 12.1 Å². The lowest BCUT2D eigenvalue weighted by atomic mass is 9.82. The van der Waals surface area contributed by atoms with Gasteiger partial charge in [-0.3, -0.25) is 19.3 Å². The predicted octanol–water partition coefficient (Wildman–Crippen LogP) is 2.20. The van der Waals surface area contributed by atoms with Crippen molar-refractivity contribution in [2.24, 2.45) is 0 Å². The second-order valence-corrected chi connectivity index (χ2v) is 9.72. The molecule has 0 bridgehead atoms. The zero-order valence-corrected chi connectivity index (χ0v) is 20.0. The van der Waals surface area contributed by atoms with E-state index in [9.17, 15) is 19.2 Å². The Morgan fingerprint density at radius 1 is 1.06 bits per heavy atom. The van der Waals surface area contributed by atoms with Gasteiger partial charge in [0.2, 0.25) is 5.91 Å². The SMILES string of the molecule is CC1CN(C(=O)c2ccc(CNC(=O)CCN3C(=O)NC4(CCCCC4)C3=O)cc2)CC(C)O1. The largest absolute Gasteiger partial charge is 0.372 e. The molecular formula is C25H34N4O5. The summed E-state index contributed by atoms with van der Waals surface area (Å²) in [4.78, 5) is 53.2. The number of amides is 5. The van der Waals surface area contributed by atoms with Crippen LogP contribution in [0.3, 0.4) is 0 Å². The molecule has 184 valence electrons. The summed E-state index contributed by atoms with van der Waals surface area (Å²) in [5.41, 5.74) is 0.707. The molecule has 2 saturated heterocycles. The van der Waals surface area contributed by atoms with Crippen molar-refractivity contribution < 1.29 is 23.9 Å². The highest BCUT2D eigenvalue weighted by Gasteiger charge is 2.51. The van der Waals surface area contributed by atoms with Crippen LogP contribution in [0.25, 0.3) is 0 Å². The first kappa shape index (κ1) is 24.2. The smallest absolute Gasteiger partial charge is 0.325 e. The third kappa shape index (κ3) is 5.24. The first-order valence-electron chi connectivity index (χ1n) is 12.2. The molecule has 2 N–H and O–H groups in total. The van der Waals surface area contributed by atoms with E-state index in [4.69, 9.17) is 4.74 Å². The molecule has 0 aromatic heterocycles. The number of hydrogen-bond acceptors (Lipinski definition) is 5. The van der Waals surface area contributed by atoms with E-state index in [0.29, 0.717) is 38.0 Å². The molecule has 3 aliphatic rings. The van der Waals surface area contributed by atoms with E-state index in [0.717, 1.165) is 24.8 Å². The Morgan fingerprint density at radius 3 is 2.35 bits per heavy atom. The Bertz CT molecular complexity index is 931. The van der Waals surface area contributed by atoms with E-state index in [1.807, 2.05) is 30.9 Å². The first-order valence-corrected chi connectivity index (χ1v) is 12.2. The van der Waals surface area contributed by atoms with Gasteiger partial charge in [0.15, 0.2) is 0 Å². The summed E-state index contributed by atoms with van der Waals surface area (Å²) in [5, 5.41) is 5.69. The van der Waals surface area contributed by atoms with Gasteiger partial charge in [-0.25, -0.2) is 4.79 Å². The van der Waals surface area contributed by atoms with Gasteiger partial charge < -0.3 is 20.3 Å². The van der Waals surface area contributed by atoms with Crippen molar-refractivity contribution in [2.45, 2.75) is 76.7 Å². The number of nitrogens with one attached hydrogen (secondary N) is 2. The van der Waals surface area contributed by atoms with Crippen molar-refractivity contribution >= 4 is 23.8 Å². The standard InChI is InChI=1S/C25H34N4O5/c1-17-15-28(16-18(2)34-17)22(31)20-8-6-19(7-9-20)14-26-21(30)10-13-29-23(32)25(27-24(29)33)11-4-3-5-12-25/h6-9,17-18H,3-5,10-16H2,1-2H3,(H,26,30)(H,27,33). The van der Waals surface area contributed by atoms with Crippen molar-refractivity contribution in [3.05, 3.63) is 35.4 Å². The third-order valence-corrected chi connectivity index (χ3v) is 6.91. The molecule has 9 heteroatoms. The maximum atomic E-state index is 12.8. The number of ether oxygens (including phenoxy) is 1. The molecule has 1 aromatic carbocycles. The van der Waals surface area contributed by atoms with Crippen LogP contribution in [0.4, 0.5) is 4.79 Å². The fraction of sp³-hybridized carbons (Fsp3) is 0.600. The first-order chi connectivity index (χ1) is 16.3. The van der Waals surface area contributed by atoms with Crippen molar-refractivity contribution in [2.75, 3.05) is 19.6 Å². The Kier molecular flexibility index (Phi) is 7.21. The zero-order chi connectivity index (χ0) is 24.3. The lowest BCUT2D eigenvalue weighted by Gasteiger charge is -2.35. The molecule has 2 aliphatic heterocycles. The third-order valence-electron chi connectivity index (χ3n) is 6.91. The molecule has 2 atom stereocenters. The molecule has 9 nitrogen and oxygen atoms in total. The minimum atomic E-state index is -0.762. The second-order valence-electron chi connectivity index (χ2n) is 9.72. The molecule has 5 amide bonds. The van der Waals surface area contributed by atoms with Crippen molar-refractivity contribution in [3.8, 4) is 0 Å². The van der Waals surface area contributed by atoms with Gasteiger partial charge in [0.25, 0.3) is 11.8 Å². The van der Waals surface area contributed by atoms with Crippen LogP contribution < -0.4 is 10.6 Å². The van der Waals surface area contributed by atoms with Crippen LogP contribution in [0.15, 0.2) is 24.3 Å². The number of rotatable bonds is 6. The Labute approximate surface area is 200 Å². The van der Waals surface area contributed by atoms with E-state index >= 15 is 0 Å². The summed E-state index contributed by atoms with van der Waals surface area (Å²) in [6.07, 6.45) is 4.35. The molecule has 1 spiro atoms. The summed E-state index contributed by atoms with van der Waals surface area (Å²) in [6, 6.07) is 6.79. The van der Waals surface area contributed by atoms with Crippen molar-refractivity contribution in [3.63, 3.8) is 0 Å². The molecule has 1 aliphatic carbocycles. The average molecular weight is 471 g/mol. The molecule has 3 fully saturated rings. The fourth-order valence-electron chi connectivity index (χ4n) is 5.17. The van der Waals surface area contributed by atoms with Crippen LogP contribution in [0.2, 0.25) is 0 Å². The summed E-state index contributed by atoms with van der Waals surface area (Å²) < 4.78 is 5.69. The summed E-state index contributed by atoms with van der Waals surface area (Å²) in [6.45, 7) is 5.44. The molecule has 1 saturated carbocycles. The average Bonchev–Trinajstić information content (AvgIpc) is 3.04. The highest BCUT2D eigenvalue weighted by atomic mass is 16.5. The van der Waals surface area contributed by atoms with Gasteiger partial charge in [0.05, 0.1) is 12.2 Å². The van der Waals surface area contributed by atoms with Crippen LogP contribution in [0.1, 0.15) is 68.3 Å². The molecular weight excluding hydrogens is 436 g/mol. The molecule has 1 aromatic rings. The highest BCUT2D eigenvalue weighted by Crippen LogP contribution is 2.33. The van der Waals surface area contributed by atoms with Crippen LogP contribution in [-0.2, 0) is 20.9 Å². The lowest BCUT2D eigenvalue weighted by Crippen LogP contribution is -2.48. The fourth-order valence-corrected chi connectivity index (χ4v) is 5.17. The van der Waals surface area contributed by atoms with E-state index in [-0.39, 0.29) is 42.9 Å². The predicted molar refractivity (Wildman–Crippen MR) is 125 cm³/mol.